The van der Waals surface area contributed by atoms with Gasteiger partial charge in [0.05, 0.1) is 18.1 Å². The average molecular weight is 391 g/mol. The van der Waals surface area contributed by atoms with Crippen LogP contribution in [0, 0.1) is 5.82 Å². The normalized spacial score (nSPS) is 19.7. The third kappa shape index (κ3) is 3.87. The van der Waals surface area contributed by atoms with Gasteiger partial charge in [-0.15, -0.1) is 0 Å². The maximum atomic E-state index is 13.3. The van der Waals surface area contributed by atoms with E-state index in [2.05, 4.69) is 0 Å². The molecule has 1 aliphatic rings. The highest BCUT2D eigenvalue weighted by Crippen LogP contribution is 2.42. The molecule has 3 atom stereocenters. The van der Waals surface area contributed by atoms with Crippen LogP contribution in [0.4, 0.5) is 10.1 Å². The lowest BCUT2D eigenvalue weighted by Gasteiger charge is -2.48. The van der Waals surface area contributed by atoms with Gasteiger partial charge in [-0.3, -0.25) is 4.79 Å². The number of benzene rings is 3. The first-order valence-electron chi connectivity index (χ1n) is 9.65. The Balaban J connectivity index is 1.57. The van der Waals surface area contributed by atoms with Gasteiger partial charge in [0.1, 0.15) is 11.6 Å². The number of hydrogen-bond acceptors (Lipinski definition) is 3. The summed E-state index contributed by atoms with van der Waals surface area (Å²) in [6, 6.07) is 21.8. The first kappa shape index (κ1) is 19.2. The quantitative estimate of drug-likeness (QED) is 0.607. The van der Waals surface area contributed by atoms with Crippen LogP contribution in [-0.2, 0) is 4.79 Å². The number of β-lactam (4-membered cyclic amide) rings is 1. The van der Waals surface area contributed by atoms with Gasteiger partial charge in [0.25, 0.3) is 0 Å². The SMILES string of the molecule is O=C1[C@H](c2ccc(O)cc2)[C@H](CC[C@H](O)c2ccccc2)N1c1ccc(F)cc1. The van der Waals surface area contributed by atoms with Crippen LogP contribution in [0.1, 0.15) is 36.0 Å². The number of hydrogen-bond donors (Lipinski definition) is 2. The first-order valence-corrected chi connectivity index (χ1v) is 9.65. The maximum Gasteiger partial charge on any atom is 0.236 e. The van der Waals surface area contributed by atoms with E-state index < -0.39 is 6.10 Å². The predicted molar refractivity (Wildman–Crippen MR) is 109 cm³/mol. The molecule has 29 heavy (non-hydrogen) atoms. The van der Waals surface area contributed by atoms with Crippen molar-refractivity contribution in [1.82, 2.24) is 0 Å². The molecule has 1 aliphatic heterocycles. The van der Waals surface area contributed by atoms with Gasteiger partial charge in [-0.25, -0.2) is 4.39 Å². The van der Waals surface area contributed by atoms with E-state index in [-0.39, 0.29) is 29.4 Å². The molecule has 3 aromatic rings. The van der Waals surface area contributed by atoms with E-state index in [1.165, 1.54) is 12.1 Å². The molecule has 0 bridgehead atoms. The topological polar surface area (TPSA) is 60.8 Å². The van der Waals surface area contributed by atoms with Gasteiger partial charge in [-0.2, -0.15) is 0 Å². The maximum absolute atomic E-state index is 13.3. The lowest BCUT2D eigenvalue weighted by molar-refractivity contribution is -0.126. The second-order valence-corrected chi connectivity index (χ2v) is 7.33. The summed E-state index contributed by atoms with van der Waals surface area (Å²) in [4.78, 5) is 14.6. The van der Waals surface area contributed by atoms with Crippen molar-refractivity contribution in [3.05, 3.63) is 95.8 Å². The van der Waals surface area contributed by atoms with Crippen LogP contribution in [0.25, 0.3) is 0 Å². The zero-order valence-corrected chi connectivity index (χ0v) is 15.8. The molecule has 2 N–H and O–H groups in total. The fraction of sp³-hybridized carbons (Fsp3) is 0.208. The number of nitrogens with zero attached hydrogens (tertiary/aromatic N) is 1. The van der Waals surface area contributed by atoms with Gasteiger partial charge in [0.2, 0.25) is 5.91 Å². The van der Waals surface area contributed by atoms with Gasteiger partial charge in [-0.05, 0) is 60.4 Å². The molecule has 4 rings (SSSR count). The Morgan fingerprint density at radius 3 is 2.24 bits per heavy atom. The lowest BCUT2D eigenvalue weighted by atomic mass is 9.78. The molecule has 0 unspecified atom stereocenters. The Morgan fingerprint density at radius 1 is 0.931 bits per heavy atom. The fourth-order valence-electron chi connectivity index (χ4n) is 3.98. The highest BCUT2D eigenvalue weighted by Gasteiger charge is 2.48. The van der Waals surface area contributed by atoms with Crippen molar-refractivity contribution in [2.45, 2.75) is 30.9 Å². The molecule has 148 valence electrons. The third-order valence-corrected chi connectivity index (χ3v) is 5.50. The summed E-state index contributed by atoms with van der Waals surface area (Å²) < 4.78 is 13.3. The highest BCUT2D eigenvalue weighted by molar-refractivity contribution is 6.06. The summed E-state index contributed by atoms with van der Waals surface area (Å²) in [7, 11) is 0. The average Bonchev–Trinajstić information content (AvgIpc) is 2.74. The monoisotopic (exact) mass is 391 g/mol. The minimum atomic E-state index is -0.623. The molecule has 1 amide bonds. The van der Waals surface area contributed by atoms with Crippen molar-refractivity contribution in [2.75, 3.05) is 4.90 Å². The summed E-state index contributed by atoms with van der Waals surface area (Å²) in [6.45, 7) is 0. The summed E-state index contributed by atoms with van der Waals surface area (Å²) in [6.07, 6.45) is 0.460. The molecule has 0 spiro atoms. The number of carbonyl (C=O) groups excluding carboxylic acids is 1. The number of aliphatic hydroxyl groups is 1. The van der Waals surface area contributed by atoms with Crippen molar-refractivity contribution in [2.24, 2.45) is 0 Å². The third-order valence-electron chi connectivity index (χ3n) is 5.50. The van der Waals surface area contributed by atoms with E-state index in [0.29, 0.717) is 18.5 Å². The van der Waals surface area contributed by atoms with Crippen molar-refractivity contribution < 1.29 is 19.4 Å². The smallest absolute Gasteiger partial charge is 0.236 e. The number of amides is 1. The molecule has 1 fully saturated rings. The number of carbonyl (C=O) groups is 1. The Hall–Kier alpha value is -3.18. The van der Waals surface area contributed by atoms with Gasteiger partial charge in [0.15, 0.2) is 0 Å². The number of aromatic hydroxyl groups is 1. The van der Waals surface area contributed by atoms with Crippen LogP contribution in [0.2, 0.25) is 0 Å². The Kier molecular flexibility index (Phi) is 5.32. The van der Waals surface area contributed by atoms with Crippen molar-refractivity contribution >= 4 is 11.6 Å². The van der Waals surface area contributed by atoms with E-state index in [4.69, 9.17) is 0 Å². The molecular weight excluding hydrogens is 369 g/mol. The van der Waals surface area contributed by atoms with Gasteiger partial charge >= 0.3 is 0 Å². The van der Waals surface area contributed by atoms with Crippen molar-refractivity contribution in [3.63, 3.8) is 0 Å². The molecule has 3 aromatic carbocycles. The summed E-state index contributed by atoms with van der Waals surface area (Å²) in [5.41, 5.74) is 2.31. The van der Waals surface area contributed by atoms with E-state index in [1.54, 1.807) is 41.3 Å². The molecule has 0 radical (unpaired) electrons. The lowest BCUT2D eigenvalue weighted by Crippen LogP contribution is -2.59. The Labute approximate surface area is 168 Å². The van der Waals surface area contributed by atoms with Crippen molar-refractivity contribution in [1.29, 1.82) is 0 Å². The van der Waals surface area contributed by atoms with Crippen LogP contribution >= 0.6 is 0 Å². The summed E-state index contributed by atoms with van der Waals surface area (Å²) in [5, 5.41) is 20.1. The zero-order chi connectivity index (χ0) is 20.4. The molecule has 1 heterocycles. The number of anilines is 1. The fourth-order valence-corrected chi connectivity index (χ4v) is 3.98. The van der Waals surface area contributed by atoms with E-state index >= 15 is 0 Å². The molecule has 0 saturated carbocycles. The number of phenolic OH excluding ortho intramolecular Hbond substituents is 1. The molecule has 4 nitrogen and oxygen atoms in total. The van der Waals surface area contributed by atoms with Crippen LogP contribution in [-0.4, -0.2) is 22.2 Å². The number of rotatable bonds is 6. The minimum Gasteiger partial charge on any atom is -0.508 e. The Bertz CT molecular complexity index is 918. The largest absolute Gasteiger partial charge is 0.508 e. The highest BCUT2D eigenvalue weighted by atomic mass is 19.1. The summed E-state index contributed by atoms with van der Waals surface area (Å²) in [5.74, 6) is -0.634. The van der Waals surface area contributed by atoms with Crippen LogP contribution < -0.4 is 4.90 Å². The Morgan fingerprint density at radius 2 is 1.59 bits per heavy atom. The van der Waals surface area contributed by atoms with Crippen LogP contribution in [0.15, 0.2) is 78.9 Å². The van der Waals surface area contributed by atoms with E-state index in [1.807, 2.05) is 30.3 Å². The number of halogens is 1. The first-order chi connectivity index (χ1) is 14.0. The second kappa shape index (κ2) is 8.05. The molecule has 0 aromatic heterocycles. The van der Waals surface area contributed by atoms with E-state index in [0.717, 1.165) is 11.1 Å². The summed E-state index contributed by atoms with van der Waals surface area (Å²) >= 11 is 0. The molecule has 5 heteroatoms. The van der Waals surface area contributed by atoms with Crippen LogP contribution in [0.5, 0.6) is 5.75 Å². The van der Waals surface area contributed by atoms with Gasteiger partial charge < -0.3 is 15.1 Å². The number of phenols is 1. The van der Waals surface area contributed by atoms with Gasteiger partial charge in [0, 0.05) is 5.69 Å². The molecule has 1 saturated heterocycles. The minimum absolute atomic E-state index is 0.0681. The predicted octanol–water partition coefficient (Wildman–Crippen LogP) is 4.54. The van der Waals surface area contributed by atoms with Gasteiger partial charge in [-0.1, -0.05) is 42.5 Å². The second-order valence-electron chi connectivity index (χ2n) is 7.33. The zero-order valence-electron chi connectivity index (χ0n) is 15.8. The molecule has 0 aliphatic carbocycles. The van der Waals surface area contributed by atoms with E-state index in [9.17, 15) is 19.4 Å². The standard InChI is InChI=1S/C24H22FNO3/c25-18-8-10-19(11-9-18)26-21(14-15-22(28)16-4-2-1-3-5-16)23(24(26)29)17-6-12-20(27)13-7-17/h1-13,21-23,27-28H,14-15H2/t21-,22-,23+/m0/s1. The van der Waals surface area contributed by atoms with Crippen molar-refractivity contribution in [3.8, 4) is 5.75 Å². The number of aliphatic hydroxyl groups excluding tert-OH is 1. The van der Waals surface area contributed by atoms with Crippen LogP contribution in [0.3, 0.4) is 0 Å². The molecular formula is C24H22FNO3.